The molecule has 0 N–H and O–H groups in total. The Bertz CT molecular complexity index is 940. The minimum atomic E-state index is -3.46. The molecule has 126 valence electrons. The van der Waals surface area contributed by atoms with E-state index in [4.69, 9.17) is 4.52 Å². The Morgan fingerprint density at radius 2 is 2.17 bits per heavy atom. The number of thiazole rings is 1. The summed E-state index contributed by atoms with van der Waals surface area (Å²) in [6.07, 6.45) is 2.09. The second-order valence-electron chi connectivity index (χ2n) is 5.84. The van der Waals surface area contributed by atoms with Crippen LogP contribution in [0.1, 0.15) is 48.3 Å². The molecule has 1 atom stereocenters. The average Bonchev–Trinajstić information content (AvgIpc) is 3.01. The summed E-state index contributed by atoms with van der Waals surface area (Å²) in [5.74, 6) is 1.01. The molecule has 3 heterocycles. The van der Waals surface area contributed by atoms with Gasteiger partial charge in [0.25, 0.3) is 0 Å². The van der Waals surface area contributed by atoms with E-state index in [1.54, 1.807) is 23.6 Å². The van der Waals surface area contributed by atoms with E-state index in [2.05, 4.69) is 15.1 Å². The van der Waals surface area contributed by atoms with Crippen LogP contribution in [-0.2, 0) is 15.6 Å². The number of hydrogen-bond donors (Lipinski definition) is 0. The molecule has 1 aliphatic rings. The molecule has 3 aromatic rings. The highest BCUT2D eigenvalue weighted by Crippen LogP contribution is 2.39. The van der Waals surface area contributed by atoms with Gasteiger partial charge in [0, 0.05) is 11.3 Å². The third-order valence-corrected chi connectivity index (χ3v) is 7.83. The highest BCUT2D eigenvalue weighted by Gasteiger charge is 2.33. The van der Waals surface area contributed by atoms with Crippen LogP contribution in [0.5, 0.6) is 0 Å². The van der Waals surface area contributed by atoms with Gasteiger partial charge in [0.15, 0.2) is 15.7 Å². The summed E-state index contributed by atoms with van der Waals surface area (Å²) >= 11 is 3.04. The summed E-state index contributed by atoms with van der Waals surface area (Å²) < 4.78 is 30.4. The lowest BCUT2D eigenvalue weighted by atomic mass is 10.4. The average molecular weight is 382 g/mol. The normalized spacial score (nSPS) is 16.4. The van der Waals surface area contributed by atoms with E-state index in [9.17, 15) is 8.42 Å². The van der Waals surface area contributed by atoms with Crippen molar-refractivity contribution < 1.29 is 12.9 Å². The number of nitrogens with zero attached hydrogens (tertiary/aromatic N) is 3. The van der Waals surface area contributed by atoms with Crippen molar-refractivity contribution in [2.75, 3.05) is 0 Å². The maximum Gasteiger partial charge on any atom is 0.244 e. The Hall–Kier alpha value is -1.58. The summed E-state index contributed by atoms with van der Waals surface area (Å²) in [7, 11) is -3.46. The van der Waals surface area contributed by atoms with Gasteiger partial charge in [-0.25, -0.2) is 13.4 Å². The molecule has 3 aromatic heterocycles. The first kappa shape index (κ1) is 15.9. The van der Waals surface area contributed by atoms with E-state index in [0.717, 1.165) is 22.7 Å². The predicted octanol–water partition coefficient (Wildman–Crippen LogP) is 3.81. The lowest BCUT2D eigenvalue weighted by Gasteiger charge is -2.07. The van der Waals surface area contributed by atoms with Crippen LogP contribution < -0.4 is 0 Å². The minimum Gasteiger partial charge on any atom is -0.338 e. The number of rotatable bonds is 6. The molecule has 0 saturated heterocycles. The van der Waals surface area contributed by atoms with Crippen LogP contribution in [0.15, 0.2) is 27.4 Å². The third-order valence-electron chi connectivity index (χ3n) is 3.92. The van der Waals surface area contributed by atoms with Crippen molar-refractivity contribution in [3.63, 3.8) is 0 Å². The Balaban J connectivity index is 1.51. The molecule has 1 saturated carbocycles. The van der Waals surface area contributed by atoms with Crippen molar-refractivity contribution >= 4 is 32.5 Å². The molecule has 4 rings (SSSR count). The largest absolute Gasteiger partial charge is 0.338 e. The topological polar surface area (TPSA) is 86.0 Å². The molecular weight excluding hydrogens is 366 g/mol. The van der Waals surface area contributed by atoms with Crippen molar-refractivity contribution in [2.24, 2.45) is 0 Å². The second kappa shape index (κ2) is 6.05. The van der Waals surface area contributed by atoms with E-state index in [1.807, 2.05) is 17.5 Å². The molecule has 6 nitrogen and oxygen atoms in total. The molecule has 24 heavy (non-hydrogen) atoms. The third kappa shape index (κ3) is 3.15. The van der Waals surface area contributed by atoms with Crippen LogP contribution in [0.4, 0.5) is 0 Å². The molecule has 0 bridgehead atoms. The van der Waals surface area contributed by atoms with Crippen molar-refractivity contribution in [3.05, 3.63) is 40.3 Å². The fourth-order valence-electron chi connectivity index (χ4n) is 2.29. The lowest BCUT2D eigenvalue weighted by molar-refractivity contribution is 0.371. The summed E-state index contributed by atoms with van der Waals surface area (Å²) in [4.78, 5) is 9.74. The molecule has 1 fully saturated rings. The Labute approximate surface area is 147 Å². The first-order valence-corrected chi connectivity index (χ1v) is 11.0. The molecule has 0 aliphatic heterocycles. The molecule has 0 spiro atoms. The number of aromatic nitrogens is 3. The van der Waals surface area contributed by atoms with Gasteiger partial charge in [-0.2, -0.15) is 4.98 Å². The van der Waals surface area contributed by atoms with Gasteiger partial charge in [-0.05, 0) is 31.2 Å². The number of sulfone groups is 1. The van der Waals surface area contributed by atoms with Gasteiger partial charge < -0.3 is 4.52 Å². The predicted molar refractivity (Wildman–Crippen MR) is 92.7 cm³/mol. The molecule has 9 heteroatoms. The zero-order valence-electron chi connectivity index (χ0n) is 12.9. The van der Waals surface area contributed by atoms with Crippen LogP contribution in [-0.4, -0.2) is 23.5 Å². The van der Waals surface area contributed by atoms with E-state index in [1.165, 1.54) is 11.3 Å². The van der Waals surface area contributed by atoms with Gasteiger partial charge in [0.05, 0.1) is 16.3 Å². The molecule has 0 radical (unpaired) electrons. The monoisotopic (exact) mass is 381 g/mol. The Morgan fingerprint density at radius 1 is 1.33 bits per heavy atom. The van der Waals surface area contributed by atoms with Gasteiger partial charge in [-0.1, -0.05) is 11.2 Å². The van der Waals surface area contributed by atoms with Crippen molar-refractivity contribution in [2.45, 2.75) is 36.7 Å². The molecule has 0 aromatic carbocycles. The van der Waals surface area contributed by atoms with E-state index in [0.29, 0.717) is 17.4 Å². The highest BCUT2D eigenvalue weighted by atomic mass is 32.2. The van der Waals surface area contributed by atoms with Gasteiger partial charge in [0.2, 0.25) is 5.89 Å². The summed E-state index contributed by atoms with van der Waals surface area (Å²) in [6, 6.07) is 3.93. The van der Waals surface area contributed by atoms with Crippen LogP contribution in [0.2, 0.25) is 0 Å². The Morgan fingerprint density at radius 3 is 2.88 bits per heavy atom. The smallest absolute Gasteiger partial charge is 0.244 e. The first-order valence-electron chi connectivity index (χ1n) is 7.56. The fourth-order valence-corrected chi connectivity index (χ4v) is 5.24. The number of hydrogen-bond acceptors (Lipinski definition) is 8. The summed E-state index contributed by atoms with van der Waals surface area (Å²) in [5.41, 5.74) is 0.553. The van der Waals surface area contributed by atoms with Gasteiger partial charge in [-0.3, -0.25) is 0 Å². The molecule has 1 aliphatic carbocycles. The van der Waals surface area contributed by atoms with Crippen LogP contribution in [0.25, 0.3) is 9.88 Å². The lowest BCUT2D eigenvalue weighted by Crippen LogP contribution is -2.13. The van der Waals surface area contributed by atoms with E-state index >= 15 is 0 Å². The van der Waals surface area contributed by atoms with Crippen LogP contribution >= 0.6 is 22.7 Å². The minimum absolute atomic E-state index is 0.128. The summed E-state index contributed by atoms with van der Waals surface area (Å²) in [6.45, 7) is 1.59. The van der Waals surface area contributed by atoms with Crippen molar-refractivity contribution in [3.8, 4) is 9.88 Å². The zero-order chi connectivity index (χ0) is 16.7. The highest BCUT2D eigenvalue weighted by molar-refractivity contribution is 7.90. The maximum absolute atomic E-state index is 12.6. The zero-order valence-corrected chi connectivity index (χ0v) is 15.3. The van der Waals surface area contributed by atoms with Crippen LogP contribution in [0.3, 0.4) is 0 Å². The standard InChI is InChI=1S/C15H15N3O3S3/c1-9(14-17-13(18-21-14)10-4-5-10)24(19,20)8-11-7-23-15(16-11)12-3-2-6-22-12/h2-3,6-7,9-10H,4-5,8H2,1H3. The summed E-state index contributed by atoms with van der Waals surface area (Å²) in [5, 5.41) is 7.68. The molecule has 0 amide bonds. The van der Waals surface area contributed by atoms with E-state index < -0.39 is 15.1 Å². The SMILES string of the molecule is CC(c1nc(C2CC2)no1)S(=O)(=O)Cc1csc(-c2cccs2)n1. The molecular formula is C15H15N3O3S3. The quantitative estimate of drug-likeness (QED) is 0.645. The molecule has 1 unspecified atom stereocenters. The van der Waals surface area contributed by atoms with E-state index in [-0.39, 0.29) is 11.6 Å². The second-order valence-corrected chi connectivity index (χ2v) is 9.96. The van der Waals surface area contributed by atoms with Crippen molar-refractivity contribution in [1.82, 2.24) is 15.1 Å². The van der Waals surface area contributed by atoms with Crippen molar-refractivity contribution in [1.29, 1.82) is 0 Å². The number of thiophene rings is 1. The van der Waals surface area contributed by atoms with Gasteiger partial charge in [0.1, 0.15) is 10.3 Å². The first-order chi connectivity index (χ1) is 11.5. The van der Waals surface area contributed by atoms with Gasteiger partial charge >= 0.3 is 0 Å². The maximum atomic E-state index is 12.6. The Kier molecular flexibility index (Phi) is 4.01. The van der Waals surface area contributed by atoms with Crippen LogP contribution in [0, 0.1) is 0 Å². The fraction of sp³-hybridized carbons (Fsp3) is 0.400. The van der Waals surface area contributed by atoms with Gasteiger partial charge in [-0.15, -0.1) is 22.7 Å².